The lowest BCUT2D eigenvalue weighted by atomic mass is 9.54. The van der Waals surface area contributed by atoms with Crippen LogP contribution in [0.15, 0.2) is 60.7 Å². The maximum Gasteiger partial charge on any atom is 0.321 e. The van der Waals surface area contributed by atoms with Gasteiger partial charge < -0.3 is 66.3 Å². The van der Waals surface area contributed by atoms with Gasteiger partial charge in [-0.05, 0) is 91.9 Å². The topological polar surface area (TPSA) is 607 Å². The summed E-state index contributed by atoms with van der Waals surface area (Å²) in [6.45, 7) is 0. The molecule has 0 aromatic heterocycles. The minimum Gasteiger partial charge on any atom is -0.393 e. The molecule has 0 radical (unpaired) electrons. The SMILES string of the molecule is O=C1CC(C2CCC(C3CC(=O)OC3=O)CC2)C(=O)O1.O=C1CC(c2ccc(C3CC(=O)OC(=O)C3)cc2)CC(=O)O1.O=C1CC(c2ccc(C3CC(=O)OC3=O)cc2)C(=O)O1.O=C1CC2(CC(=O)O1)CC(=O)OC2=O.O=C1CC2(CC3CC2C(=O)OC3=O)C(=O)O1.O=C1CC2(CCC3C(=O)OC(=O)C3C2)C(=O)O1.O=C1OC(=O)C2C3C=CC(C12)C1C(=O)OC(=O)C31. The number of ether oxygens (including phenoxy) is 14. The van der Waals surface area contributed by atoms with Gasteiger partial charge in [-0.15, -0.1) is 0 Å². The lowest BCUT2D eigenvalue weighted by Crippen LogP contribution is -2.50. The van der Waals surface area contributed by atoms with Crippen LogP contribution >= 0.6 is 0 Å². The number of fused-ring (bicyclic) bond motifs is 4. The maximum atomic E-state index is 11.7. The molecule has 6 aliphatic carbocycles. The van der Waals surface area contributed by atoms with Gasteiger partial charge in [0.25, 0.3) is 0 Å². The molecule has 20 aliphatic rings. The molecule has 22 rings (SSSR count). The first-order valence-electron chi connectivity index (χ1n) is 40.6. The van der Waals surface area contributed by atoms with E-state index in [9.17, 15) is 134 Å². The Morgan fingerprint density at radius 2 is 0.559 bits per heavy atom. The molecule has 42 heteroatoms. The second-order valence-corrected chi connectivity index (χ2v) is 34.2. The van der Waals surface area contributed by atoms with Crippen LogP contribution < -0.4 is 0 Å². The summed E-state index contributed by atoms with van der Waals surface area (Å²) in [7, 11) is 0. The van der Waals surface area contributed by atoms with E-state index in [-0.39, 0.29) is 132 Å². The van der Waals surface area contributed by atoms with Crippen LogP contribution in [0.3, 0.4) is 0 Å². The van der Waals surface area contributed by atoms with E-state index < -0.39 is 254 Å². The zero-order valence-electron chi connectivity index (χ0n) is 66.4. The quantitative estimate of drug-likeness (QED) is 0.171. The van der Waals surface area contributed by atoms with Crippen LogP contribution in [0.2, 0.25) is 0 Å². The van der Waals surface area contributed by atoms with Crippen molar-refractivity contribution in [3.63, 3.8) is 0 Å². The number of benzene rings is 2. The zero-order valence-corrected chi connectivity index (χ0v) is 66.4. The molecule has 14 unspecified atom stereocenters. The molecular formula is C85H72O42. The predicted molar refractivity (Wildman–Crippen MR) is 386 cm³/mol. The van der Waals surface area contributed by atoms with Crippen LogP contribution in [0.1, 0.15) is 187 Å². The maximum absolute atomic E-state index is 11.7. The van der Waals surface area contributed by atoms with E-state index in [2.05, 4.69) is 66.3 Å². The number of cyclic esters (lactones) is 28. The summed E-state index contributed by atoms with van der Waals surface area (Å²) >= 11 is 0. The van der Waals surface area contributed by atoms with Crippen LogP contribution in [-0.4, -0.2) is 167 Å². The largest absolute Gasteiger partial charge is 0.393 e. The van der Waals surface area contributed by atoms with Gasteiger partial charge in [0.15, 0.2) is 0 Å². The van der Waals surface area contributed by atoms with Crippen LogP contribution in [0.5, 0.6) is 0 Å². The van der Waals surface area contributed by atoms with Crippen LogP contribution in [0.4, 0.5) is 0 Å². The van der Waals surface area contributed by atoms with Gasteiger partial charge in [0.2, 0.25) is 0 Å². The van der Waals surface area contributed by atoms with Crippen molar-refractivity contribution < 1.29 is 201 Å². The molecule has 2 aromatic carbocycles. The highest BCUT2D eigenvalue weighted by atomic mass is 16.6. The molecule has 0 amide bonds. The number of hydrogen-bond donors (Lipinski definition) is 0. The Morgan fingerprint density at radius 1 is 0.236 bits per heavy atom. The third-order valence-electron chi connectivity index (χ3n) is 26.7. The Balaban J connectivity index is 0.000000115. The van der Waals surface area contributed by atoms with E-state index in [4.69, 9.17) is 0 Å². The molecule has 14 atom stereocenters. The van der Waals surface area contributed by atoms with Crippen molar-refractivity contribution in [2.24, 2.45) is 99.1 Å². The summed E-state index contributed by atoms with van der Waals surface area (Å²) < 4.78 is 63.2. The lowest BCUT2D eigenvalue weighted by molar-refractivity contribution is -0.174. The summed E-state index contributed by atoms with van der Waals surface area (Å²) in [5.74, 6) is -23.6. The minimum absolute atomic E-state index is 0.0104. The summed E-state index contributed by atoms with van der Waals surface area (Å²) in [5, 5.41) is 0. The molecule has 14 heterocycles. The summed E-state index contributed by atoms with van der Waals surface area (Å²) in [6.07, 6.45) is 8.40. The van der Waals surface area contributed by atoms with E-state index in [0.29, 0.717) is 30.4 Å². The highest BCUT2D eigenvalue weighted by molar-refractivity contribution is 6.08. The van der Waals surface area contributed by atoms with Crippen molar-refractivity contribution in [3.8, 4) is 0 Å². The van der Waals surface area contributed by atoms with Gasteiger partial charge in [-0.1, -0.05) is 60.7 Å². The molecule has 664 valence electrons. The van der Waals surface area contributed by atoms with Crippen molar-refractivity contribution in [2.45, 2.75) is 165 Å². The van der Waals surface area contributed by atoms with Crippen molar-refractivity contribution >= 4 is 167 Å². The van der Waals surface area contributed by atoms with Gasteiger partial charge in [0.1, 0.15) is 0 Å². The van der Waals surface area contributed by atoms with Gasteiger partial charge in [0, 0.05) is 23.7 Å². The summed E-state index contributed by atoms with van der Waals surface area (Å²) in [4.78, 5) is 317. The summed E-state index contributed by atoms with van der Waals surface area (Å²) in [5.41, 5.74) is -0.266. The zero-order chi connectivity index (χ0) is 90.9. The van der Waals surface area contributed by atoms with Gasteiger partial charge in [-0.3, -0.25) is 134 Å². The highest BCUT2D eigenvalue weighted by Crippen LogP contribution is 2.59. The monoisotopic (exact) mass is 1760 g/mol. The number of hydrogen-bond acceptors (Lipinski definition) is 42. The Labute approximate surface area is 711 Å². The Hall–Kier alpha value is -13.9. The van der Waals surface area contributed by atoms with Gasteiger partial charge in [-0.25, -0.2) is 0 Å². The molecule has 2 aromatic rings. The van der Waals surface area contributed by atoms with Crippen molar-refractivity contribution in [1.82, 2.24) is 0 Å². The van der Waals surface area contributed by atoms with E-state index >= 15 is 0 Å². The molecule has 4 saturated carbocycles. The molecular weight excluding hydrogens is 1690 g/mol. The smallest absolute Gasteiger partial charge is 0.321 e. The fourth-order valence-electron chi connectivity index (χ4n) is 20.4. The normalized spacial score (nSPS) is 33.9. The molecule has 18 fully saturated rings. The highest BCUT2D eigenvalue weighted by Gasteiger charge is 2.69. The standard InChI is InChI=1S/C16H14O6.C14H16O6.C14H10O6.C12H8O6.C11H10O6.C10H8O6.C8H6O6/c17-13-5-11(6-14(18)21-13)9-1-2-10(4-3-9)12-7-15(19)22-16(20)8-12;2*15-11-5-9(13(17)19-11)7-1-2-8(4-3-7)10-6-12(16)20-14(10)18;13-9-5-3-1-2-4(7(5)11(15)17-9)8-6(3)10(14)18-12(8)16;12-7-4-11(10(15)16-7)2-1-5-6(3-11)9(14)17-8(5)13;11-6-3-10(9(14)15-6)2-4-1-5(10)8(13)16-7(4)12;9-4-1-8(2-5(10)13-4)3-6(11)14-7(8)12/h1-4,11-12H,5-8H2;7-10H,1-6H2;1-4,9-10H,5-6H2;1-8H;5-6H,1-4H2;4-5H,1-3H2;1-3H2. The molecule has 42 nitrogen and oxygen atoms in total. The molecule has 0 N–H and O–H groups in total. The average Bonchev–Trinajstić information content (AvgIpc) is 1.56. The van der Waals surface area contributed by atoms with Gasteiger partial charge in [-0.2, -0.15) is 0 Å². The number of allylic oxidation sites excluding steroid dienone is 2. The third-order valence-corrected chi connectivity index (χ3v) is 26.7. The van der Waals surface area contributed by atoms with E-state index in [0.717, 1.165) is 36.8 Å². The predicted octanol–water partition coefficient (Wildman–Crippen LogP) is 1.60. The number of carbonyl (C=O) groups excluding carboxylic acids is 28. The molecule has 14 saturated heterocycles. The molecule has 14 aliphatic heterocycles. The number of esters is 28. The second kappa shape index (κ2) is 34.6. The third kappa shape index (κ3) is 17.6. The number of rotatable bonds is 6. The first kappa shape index (κ1) is 88.0. The second-order valence-electron chi connectivity index (χ2n) is 34.2. The Bertz CT molecular complexity index is 5050. The number of carbonyl (C=O) groups is 28. The fourth-order valence-corrected chi connectivity index (χ4v) is 20.4. The van der Waals surface area contributed by atoms with Crippen LogP contribution in [-0.2, 0) is 201 Å². The minimum atomic E-state index is -1.29. The Morgan fingerprint density at radius 3 is 0.929 bits per heavy atom. The molecule has 3 spiro atoms. The van der Waals surface area contributed by atoms with Gasteiger partial charge >= 0.3 is 167 Å². The van der Waals surface area contributed by atoms with E-state index in [1.54, 1.807) is 36.4 Å². The molecule has 4 bridgehead atoms. The first-order chi connectivity index (χ1) is 60.2. The molecule has 127 heavy (non-hydrogen) atoms. The van der Waals surface area contributed by atoms with Crippen molar-refractivity contribution in [1.29, 1.82) is 0 Å². The van der Waals surface area contributed by atoms with E-state index in [1.807, 2.05) is 24.3 Å². The lowest BCUT2D eigenvalue weighted by Gasteiger charge is -2.42. The average molecular weight is 1770 g/mol. The first-order valence-corrected chi connectivity index (χ1v) is 40.6. The van der Waals surface area contributed by atoms with Gasteiger partial charge in [0.05, 0.1) is 171 Å². The van der Waals surface area contributed by atoms with Crippen LogP contribution in [0.25, 0.3) is 0 Å². The van der Waals surface area contributed by atoms with E-state index in [1.165, 1.54) is 0 Å². The Kier molecular flexibility index (Phi) is 24.0. The van der Waals surface area contributed by atoms with Crippen LogP contribution in [0, 0.1) is 99.1 Å². The summed E-state index contributed by atoms with van der Waals surface area (Å²) in [6, 6.07) is 14.0. The fraction of sp³-hybridized carbons (Fsp3) is 0.506. The van der Waals surface area contributed by atoms with Crippen molar-refractivity contribution in [3.05, 3.63) is 82.9 Å². The van der Waals surface area contributed by atoms with Crippen molar-refractivity contribution in [2.75, 3.05) is 0 Å².